The van der Waals surface area contributed by atoms with Gasteiger partial charge in [-0.05, 0) is 27.2 Å². The third-order valence-electron chi connectivity index (χ3n) is 1.94. The average Bonchev–Trinajstić information content (AvgIpc) is 2.00. The summed E-state index contributed by atoms with van der Waals surface area (Å²) >= 11 is 0. The first-order chi connectivity index (χ1) is 6.34. The van der Waals surface area contributed by atoms with Crippen LogP contribution in [0.4, 0.5) is 4.79 Å². The van der Waals surface area contributed by atoms with Crippen molar-refractivity contribution in [1.29, 1.82) is 0 Å². The van der Waals surface area contributed by atoms with Gasteiger partial charge in [0.15, 0.2) is 0 Å². The molecule has 0 saturated carbocycles. The predicted molar refractivity (Wildman–Crippen MR) is 55.3 cm³/mol. The van der Waals surface area contributed by atoms with Crippen molar-refractivity contribution in [3.05, 3.63) is 12.7 Å². The summed E-state index contributed by atoms with van der Waals surface area (Å²) in [7, 11) is 0. The van der Waals surface area contributed by atoms with E-state index in [9.17, 15) is 4.79 Å². The Kier molecular flexibility index (Phi) is 4.63. The molecule has 4 heteroatoms. The lowest BCUT2D eigenvalue weighted by molar-refractivity contribution is 0.0475. The third kappa shape index (κ3) is 3.38. The van der Waals surface area contributed by atoms with E-state index < -0.39 is 17.7 Å². The molecular weight excluding hydrogens is 182 g/mol. The number of aliphatic hydroxyl groups excluding tert-OH is 1. The zero-order chi connectivity index (χ0) is 11.4. The van der Waals surface area contributed by atoms with E-state index in [1.807, 2.05) is 0 Å². The molecule has 0 heterocycles. The first kappa shape index (κ1) is 13.0. The Morgan fingerprint density at radius 3 is 2.29 bits per heavy atom. The first-order valence-corrected chi connectivity index (χ1v) is 4.58. The summed E-state index contributed by atoms with van der Waals surface area (Å²) in [6.45, 7) is 8.75. The van der Waals surface area contributed by atoms with Crippen molar-refractivity contribution in [2.24, 2.45) is 0 Å². The van der Waals surface area contributed by atoms with Crippen molar-refractivity contribution in [2.45, 2.75) is 38.8 Å². The molecule has 0 radical (unpaired) electrons. The normalized spacial score (nSPS) is 13.4. The number of amides is 1. The number of hydrogen-bond donors (Lipinski definition) is 2. The number of aliphatic hydroxyl groups is 1. The highest BCUT2D eigenvalue weighted by Gasteiger charge is 2.31. The van der Waals surface area contributed by atoms with Crippen LogP contribution in [0.5, 0.6) is 0 Å². The zero-order valence-electron chi connectivity index (χ0n) is 9.03. The molecule has 0 spiro atoms. The van der Waals surface area contributed by atoms with Crippen LogP contribution in [-0.4, -0.2) is 39.4 Å². The second-order valence-corrected chi connectivity index (χ2v) is 4.18. The largest absolute Gasteiger partial charge is 0.465 e. The number of carbonyl (C=O) groups is 1. The lowest BCUT2D eigenvalue weighted by atomic mass is 10.0. The van der Waals surface area contributed by atoms with Gasteiger partial charge in [0.05, 0.1) is 12.6 Å². The molecule has 0 rings (SSSR count). The van der Waals surface area contributed by atoms with Crippen molar-refractivity contribution in [3.63, 3.8) is 0 Å². The maximum atomic E-state index is 11.0. The smallest absolute Gasteiger partial charge is 0.408 e. The quantitative estimate of drug-likeness (QED) is 0.680. The summed E-state index contributed by atoms with van der Waals surface area (Å²) in [5.41, 5.74) is -0.512. The van der Waals surface area contributed by atoms with E-state index in [0.29, 0.717) is 6.42 Å². The van der Waals surface area contributed by atoms with Crippen molar-refractivity contribution in [2.75, 3.05) is 6.61 Å². The molecule has 0 aromatic carbocycles. The van der Waals surface area contributed by atoms with Crippen LogP contribution in [0.2, 0.25) is 0 Å². The second kappa shape index (κ2) is 5.00. The van der Waals surface area contributed by atoms with Crippen LogP contribution in [0.25, 0.3) is 0 Å². The van der Waals surface area contributed by atoms with E-state index in [-0.39, 0.29) is 6.61 Å². The van der Waals surface area contributed by atoms with Gasteiger partial charge in [-0.15, -0.1) is 6.58 Å². The van der Waals surface area contributed by atoms with Gasteiger partial charge in [0, 0.05) is 5.54 Å². The van der Waals surface area contributed by atoms with Crippen molar-refractivity contribution < 1.29 is 15.0 Å². The fourth-order valence-corrected chi connectivity index (χ4v) is 1.44. The molecular formula is C10H19NO3. The predicted octanol–water partition coefficient (Wildman–Crippen LogP) is 1.70. The van der Waals surface area contributed by atoms with Gasteiger partial charge in [-0.2, -0.15) is 0 Å². The Labute approximate surface area is 84.8 Å². The molecule has 14 heavy (non-hydrogen) atoms. The number of rotatable bonds is 4. The summed E-state index contributed by atoms with van der Waals surface area (Å²) in [6, 6.07) is -0.412. The van der Waals surface area contributed by atoms with Crippen LogP contribution < -0.4 is 0 Å². The fourth-order valence-electron chi connectivity index (χ4n) is 1.44. The molecule has 0 aliphatic carbocycles. The van der Waals surface area contributed by atoms with E-state index in [0.717, 1.165) is 0 Å². The Morgan fingerprint density at radius 1 is 1.57 bits per heavy atom. The minimum Gasteiger partial charge on any atom is -0.465 e. The molecule has 0 aliphatic rings. The summed E-state index contributed by atoms with van der Waals surface area (Å²) in [6.07, 6.45) is 1.06. The van der Waals surface area contributed by atoms with Gasteiger partial charge < -0.3 is 10.2 Å². The fraction of sp³-hybridized carbons (Fsp3) is 0.700. The molecule has 82 valence electrons. The highest BCUT2D eigenvalue weighted by Crippen LogP contribution is 2.19. The third-order valence-corrected chi connectivity index (χ3v) is 1.94. The second-order valence-electron chi connectivity index (χ2n) is 4.18. The molecule has 1 amide bonds. The highest BCUT2D eigenvalue weighted by molar-refractivity contribution is 5.66. The van der Waals surface area contributed by atoms with Gasteiger partial charge in [-0.25, -0.2) is 4.79 Å². The molecule has 0 unspecified atom stereocenters. The van der Waals surface area contributed by atoms with Crippen LogP contribution in [0, 0.1) is 0 Å². The molecule has 4 nitrogen and oxygen atoms in total. The summed E-state index contributed by atoms with van der Waals surface area (Å²) < 4.78 is 0. The maximum absolute atomic E-state index is 11.0. The molecule has 0 bridgehead atoms. The standard InChI is InChI=1S/C10H19NO3/c1-5-6-8(7-12)11(9(13)14)10(2,3)4/h5,8,12H,1,6-7H2,2-4H3,(H,13,14)/t8-/m0/s1. The van der Waals surface area contributed by atoms with Gasteiger partial charge in [-0.1, -0.05) is 6.08 Å². The van der Waals surface area contributed by atoms with E-state index in [2.05, 4.69) is 6.58 Å². The SMILES string of the molecule is C=CC[C@@H](CO)N(C(=O)O)C(C)(C)C. The summed E-state index contributed by atoms with van der Waals surface area (Å²) in [5, 5.41) is 18.1. The lowest BCUT2D eigenvalue weighted by Gasteiger charge is -2.38. The zero-order valence-corrected chi connectivity index (χ0v) is 9.03. The minimum atomic E-state index is -1.02. The van der Waals surface area contributed by atoms with Crippen LogP contribution >= 0.6 is 0 Å². The Morgan fingerprint density at radius 2 is 2.07 bits per heavy atom. The van der Waals surface area contributed by atoms with Gasteiger partial charge >= 0.3 is 6.09 Å². The summed E-state index contributed by atoms with van der Waals surface area (Å²) in [5.74, 6) is 0. The number of nitrogens with zero attached hydrogens (tertiary/aromatic N) is 1. The monoisotopic (exact) mass is 201 g/mol. The first-order valence-electron chi connectivity index (χ1n) is 4.58. The lowest BCUT2D eigenvalue weighted by Crippen LogP contribution is -2.52. The Hall–Kier alpha value is -1.03. The number of hydrogen-bond acceptors (Lipinski definition) is 2. The van der Waals surface area contributed by atoms with Crippen molar-refractivity contribution >= 4 is 6.09 Å². The van der Waals surface area contributed by atoms with Gasteiger partial charge in [0.25, 0.3) is 0 Å². The van der Waals surface area contributed by atoms with E-state index in [1.165, 1.54) is 4.90 Å². The molecule has 0 saturated heterocycles. The van der Waals surface area contributed by atoms with Gasteiger partial charge in [-0.3, -0.25) is 4.90 Å². The molecule has 0 fully saturated rings. The van der Waals surface area contributed by atoms with Crippen LogP contribution in [0.3, 0.4) is 0 Å². The van der Waals surface area contributed by atoms with Gasteiger partial charge in [0.1, 0.15) is 0 Å². The average molecular weight is 201 g/mol. The van der Waals surface area contributed by atoms with Crippen LogP contribution in [0.15, 0.2) is 12.7 Å². The Balaban J connectivity index is 4.78. The minimum absolute atomic E-state index is 0.185. The van der Waals surface area contributed by atoms with Crippen molar-refractivity contribution in [3.8, 4) is 0 Å². The number of carboxylic acid groups (broad SMARTS) is 1. The molecule has 0 aromatic rings. The van der Waals surface area contributed by atoms with Gasteiger partial charge in [0.2, 0.25) is 0 Å². The molecule has 0 aromatic heterocycles. The van der Waals surface area contributed by atoms with E-state index >= 15 is 0 Å². The molecule has 0 aliphatic heterocycles. The molecule has 2 N–H and O–H groups in total. The Bertz CT molecular complexity index is 208. The van der Waals surface area contributed by atoms with Crippen molar-refractivity contribution in [1.82, 2.24) is 4.90 Å². The summed E-state index contributed by atoms with van der Waals surface area (Å²) in [4.78, 5) is 12.3. The van der Waals surface area contributed by atoms with Crippen LogP contribution in [-0.2, 0) is 0 Å². The molecule has 1 atom stereocenters. The van der Waals surface area contributed by atoms with E-state index in [1.54, 1.807) is 26.8 Å². The topological polar surface area (TPSA) is 60.8 Å². The highest BCUT2D eigenvalue weighted by atomic mass is 16.4. The van der Waals surface area contributed by atoms with Crippen LogP contribution in [0.1, 0.15) is 27.2 Å². The maximum Gasteiger partial charge on any atom is 0.408 e. The van der Waals surface area contributed by atoms with E-state index in [4.69, 9.17) is 10.2 Å².